The number of anilines is 1. The van der Waals surface area contributed by atoms with Crippen molar-refractivity contribution in [1.82, 2.24) is 15.3 Å². The van der Waals surface area contributed by atoms with Gasteiger partial charge >= 0.3 is 0 Å². The summed E-state index contributed by atoms with van der Waals surface area (Å²) in [6.45, 7) is 1.46. The van der Waals surface area contributed by atoms with Gasteiger partial charge in [0.05, 0.1) is 23.6 Å². The van der Waals surface area contributed by atoms with E-state index in [9.17, 15) is 13.2 Å². The molecule has 7 nitrogen and oxygen atoms in total. The molecule has 2 atom stereocenters. The van der Waals surface area contributed by atoms with Crippen molar-refractivity contribution in [1.29, 1.82) is 0 Å². The molecule has 0 aliphatic carbocycles. The minimum atomic E-state index is -2.97. The van der Waals surface area contributed by atoms with Crippen LogP contribution in [0, 0.1) is 5.92 Å². The molecule has 22 heavy (non-hydrogen) atoms. The van der Waals surface area contributed by atoms with Crippen LogP contribution in [-0.4, -0.2) is 54.9 Å². The number of amides is 1. The lowest BCUT2D eigenvalue weighted by Crippen LogP contribution is -2.46. The Bertz CT molecular complexity index is 635. The summed E-state index contributed by atoms with van der Waals surface area (Å²) >= 11 is 0. The van der Waals surface area contributed by atoms with Crippen molar-refractivity contribution in [3.8, 4) is 0 Å². The van der Waals surface area contributed by atoms with Crippen molar-refractivity contribution in [2.75, 3.05) is 29.5 Å². The summed E-state index contributed by atoms with van der Waals surface area (Å²) in [5.74, 6) is 0.853. The highest BCUT2D eigenvalue weighted by atomic mass is 32.2. The molecular formula is C14H20N4O3S. The largest absolute Gasteiger partial charge is 0.355 e. The first-order valence-corrected chi connectivity index (χ1v) is 9.37. The predicted molar refractivity (Wildman–Crippen MR) is 82.2 cm³/mol. The number of carbonyl (C=O) groups is 1. The molecule has 120 valence electrons. The molecule has 0 radical (unpaired) electrons. The van der Waals surface area contributed by atoms with E-state index in [0.29, 0.717) is 13.0 Å². The molecule has 0 spiro atoms. The lowest BCUT2D eigenvalue weighted by Gasteiger charge is -2.33. The number of piperidine rings is 1. The van der Waals surface area contributed by atoms with Crippen LogP contribution in [0.25, 0.3) is 0 Å². The SMILES string of the molecule is O=C(N[C@@H]1CCS(=O)(=O)C1)[C@H]1CCCN(c2cnccn2)C1. The minimum absolute atomic E-state index is 0.0457. The maximum atomic E-state index is 12.4. The van der Waals surface area contributed by atoms with Crippen LogP contribution in [0.5, 0.6) is 0 Å². The Balaban J connectivity index is 1.59. The molecule has 0 aromatic carbocycles. The number of hydrogen-bond donors (Lipinski definition) is 1. The maximum absolute atomic E-state index is 12.4. The van der Waals surface area contributed by atoms with Crippen molar-refractivity contribution >= 4 is 21.6 Å². The molecular weight excluding hydrogens is 304 g/mol. The summed E-state index contributed by atoms with van der Waals surface area (Å²) in [5.41, 5.74) is 0. The van der Waals surface area contributed by atoms with Crippen LogP contribution in [0.3, 0.4) is 0 Å². The Labute approximate surface area is 130 Å². The van der Waals surface area contributed by atoms with E-state index in [2.05, 4.69) is 20.2 Å². The molecule has 1 N–H and O–H groups in total. The van der Waals surface area contributed by atoms with Gasteiger partial charge in [-0.2, -0.15) is 0 Å². The number of aromatic nitrogens is 2. The van der Waals surface area contributed by atoms with Crippen LogP contribution >= 0.6 is 0 Å². The predicted octanol–water partition coefficient (Wildman–Crippen LogP) is -0.00370. The normalized spacial score (nSPS) is 27.5. The highest BCUT2D eigenvalue weighted by Gasteiger charge is 2.32. The van der Waals surface area contributed by atoms with Crippen LogP contribution < -0.4 is 10.2 Å². The molecule has 1 aromatic rings. The van der Waals surface area contributed by atoms with Gasteiger partial charge in [-0.3, -0.25) is 9.78 Å². The van der Waals surface area contributed by atoms with Gasteiger partial charge in [0.15, 0.2) is 9.84 Å². The summed E-state index contributed by atoms with van der Waals surface area (Å²) < 4.78 is 22.9. The smallest absolute Gasteiger partial charge is 0.225 e. The van der Waals surface area contributed by atoms with Gasteiger partial charge in [-0.15, -0.1) is 0 Å². The topological polar surface area (TPSA) is 92.3 Å². The van der Waals surface area contributed by atoms with Crippen molar-refractivity contribution in [3.63, 3.8) is 0 Å². The molecule has 2 aliphatic rings. The monoisotopic (exact) mass is 324 g/mol. The fraction of sp³-hybridized carbons (Fsp3) is 0.643. The average molecular weight is 324 g/mol. The van der Waals surface area contributed by atoms with E-state index in [0.717, 1.165) is 25.2 Å². The van der Waals surface area contributed by atoms with Crippen molar-refractivity contribution in [2.24, 2.45) is 5.92 Å². The fourth-order valence-electron chi connectivity index (χ4n) is 3.08. The number of hydrogen-bond acceptors (Lipinski definition) is 6. The Morgan fingerprint density at radius 2 is 2.18 bits per heavy atom. The van der Waals surface area contributed by atoms with E-state index in [4.69, 9.17) is 0 Å². The molecule has 0 unspecified atom stereocenters. The molecule has 2 fully saturated rings. The van der Waals surface area contributed by atoms with E-state index in [1.165, 1.54) is 0 Å². The molecule has 2 aliphatic heterocycles. The first kappa shape index (κ1) is 15.2. The van der Waals surface area contributed by atoms with Gasteiger partial charge in [-0.1, -0.05) is 0 Å². The molecule has 1 amide bonds. The first-order valence-electron chi connectivity index (χ1n) is 7.55. The Hall–Kier alpha value is -1.70. The maximum Gasteiger partial charge on any atom is 0.225 e. The molecule has 8 heteroatoms. The van der Waals surface area contributed by atoms with Gasteiger partial charge in [0, 0.05) is 31.5 Å². The second-order valence-electron chi connectivity index (χ2n) is 5.96. The molecule has 0 bridgehead atoms. The second-order valence-corrected chi connectivity index (χ2v) is 8.19. The Morgan fingerprint density at radius 1 is 1.32 bits per heavy atom. The fourth-order valence-corrected chi connectivity index (χ4v) is 4.75. The van der Waals surface area contributed by atoms with E-state index in [1.54, 1.807) is 18.6 Å². The van der Waals surface area contributed by atoms with E-state index < -0.39 is 9.84 Å². The quantitative estimate of drug-likeness (QED) is 0.841. The van der Waals surface area contributed by atoms with Crippen molar-refractivity contribution in [2.45, 2.75) is 25.3 Å². The van der Waals surface area contributed by atoms with Crippen LogP contribution in [0.15, 0.2) is 18.6 Å². The van der Waals surface area contributed by atoms with Crippen LogP contribution in [0.4, 0.5) is 5.82 Å². The van der Waals surface area contributed by atoms with Crippen LogP contribution in [0.1, 0.15) is 19.3 Å². The third-order valence-corrected chi connectivity index (χ3v) is 6.01. The lowest BCUT2D eigenvalue weighted by molar-refractivity contribution is -0.125. The number of rotatable bonds is 3. The van der Waals surface area contributed by atoms with E-state index >= 15 is 0 Å². The van der Waals surface area contributed by atoms with Gasteiger partial charge in [0.1, 0.15) is 5.82 Å². The molecule has 2 saturated heterocycles. The summed E-state index contributed by atoms with van der Waals surface area (Å²) in [6.07, 6.45) is 7.22. The summed E-state index contributed by atoms with van der Waals surface area (Å²) in [7, 11) is -2.97. The summed E-state index contributed by atoms with van der Waals surface area (Å²) in [4.78, 5) is 22.8. The molecule has 3 heterocycles. The first-order chi connectivity index (χ1) is 10.5. The zero-order valence-corrected chi connectivity index (χ0v) is 13.1. The molecule has 3 rings (SSSR count). The molecule has 0 saturated carbocycles. The Kier molecular flexibility index (Phi) is 4.28. The number of sulfone groups is 1. The number of nitrogens with one attached hydrogen (secondary N) is 1. The highest BCUT2D eigenvalue weighted by Crippen LogP contribution is 2.21. The second kappa shape index (κ2) is 6.20. The number of carbonyl (C=O) groups excluding carboxylic acids is 1. The Morgan fingerprint density at radius 3 is 2.86 bits per heavy atom. The lowest BCUT2D eigenvalue weighted by atomic mass is 9.96. The van der Waals surface area contributed by atoms with E-state index in [1.807, 2.05) is 0 Å². The third-order valence-electron chi connectivity index (χ3n) is 4.24. The minimum Gasteiger partial charge on any atom is -0.355 e. The third kappa shape index (κ3) is 3.55. The highest BCUT2D eigenvalue weighted by molar-refractivity contribution is 7.91. The van der Waals surface area contributed by atoms with Gasteiger partial charge in [0.25, 0.3) is 0 Å². The standard InChI is InChI=1S/C14H20N4O3S/c19-14(17-12-3-7-22(20,21)10-12)11-2-1-6-18(9-11)13-8-15-4-5-16-13/h4-5,8,11-12H,1-3,6-7,9-10H2,(H,17,19)/t11-,12+/m0/s1. The molecule has 1 aromatic heterocycles. The van der Waals surface area contributed by atoms with Crippen molar-refractivity contribution in [3.05, 3.63) is 18.6 Å². The zero-order chi connectivity index (χ0) is 15.6. The van der Waals surface area contributed by atoms with Gasteiger partial charge in [-0.25, -0.2) is 13.4 Å². The van der Waals surface area contributed by atoms with Crippen molar-refractivity contribution < 1.29 is 13.2 Å². The summed E-state index contributed by atoms with van der Waals surface area (Å²) in [5, 5.41) is 2.90. The van der Waals surface area contributed by atoms with Gasteiger partial charge in [-0.05, 0) is 19.3 Å². The zero-order valence-electron chi connectivity index (χ0n) is 12.3. The van der Waals surface area contributed by atoms with Crippen LogP contribution in [0.2, 0.25) is 0 Å². The van der Waals surface area contributed by atoms with E-state index in [-0.39, 0.29) is 29.4 Å². The number of nitrogens with zero attached hydrogens (tertiary/aromatic N) is 3. The van der Waals surface area contributed by atoms with Gasteiger partial charge in [0.2, 0.25) is 5.91 Å². The average Bonchev–Trinajstić information content (AvgIpc) is 2.87. The van der Waals surface area contributed by atoms with Crippen LogP contribution in [-0.2, 0) is 14.6 Å². The summed E-state index contributed by atoms with van der Waals surface area (Å²) in [6, 6.07) is -0.232. The van der Waals surface area contributed by atoms with Gasteiger partial charge < -0.3 is 10.2 Å².